The number of nitrogens with one attached hydrogen (secondary N) is 2. The monoisotopic (exact) mass is 310 g/mol. The number of hydrogen-bond donors (Lipinski definition) is 2. The van der Waals surface area contributed by atoms with Crippen LogP contribution in [0.4, 0.5) is 4.79 Å². The fourth-order valence-electron chi connectivity index (χ4n) is 2.79. The van der Waals surface area contributed by atoms with Crippen molar-refractivity contribution in [2.45, 2.75) is 70.2 Å². The summed E-state index contributed by atoms with van der Waals surface area (Å²) >= 11 is 1.55. The van der Waals surface area contributed by atoms with Crippen molar-refractivity contribution in [2.75, 3.05) is 0 Å². The number of ether oxygens (including phenoxy) is 1. The Kier molecular flexibility index (Phi) is 3.88. The third-order valence-corrected chi connectivity index (χ3v) is 5.28. The molecular formula is C14H22N4O2S. The number of amides is 2. The van der Waals surface area contributed by atoms with Crippen LogP contribution in [0.25, 0.3) is 0 Å². The van der Waals surface area contributed by atoms with Gasteiger partial charge in [0.05, 0.1) is 24.8 Å². The second-order valence-corrected chi connectivity index (χ2v) is 7.86. The van der Waals surface area contributed by atoms with Gasteiger partial charge in [-0.3, -0.25) is 0 Å². The number of fused-ring (bicyclic) bond motifs is 2. The maximum absolute atomic E-state index is 11.9. The van der Waals surface area contributed by atoms with Crippen molar-refractivity contribution >= 4 is 17.4 Å². The van der Waals surface area contributed by atoms with Gasteiger partial charge in [0.2, 0.25) is 0 Å². The molecule has 21 heavy (non-hydrogen) atoms. The number of nitrogens with zero attached hydrogens (tertiary/aromatic N) is 2. The zero-order valence-electron chi connectivity index (χ0n) is 12.7. The Labute approximate surface area is 128 Å². The molecule has 0 aliphatic carbocycles. The number of urea groups is 1. The average molecular weight is 310 g/mol. The van der Waals surface area contributed by atoms with Crippen LogP contribution in [0.5, 0.6) is 0 Å². The summed E-state index contributed by atoms with van der Waals surface area (Å²) in [5.41, 5.74) is -0.00139. The first-order valence-corrected chi connectivity index (χ1v) is 8.26. The normalized spacial score (nSPS) is 27.9. The number of carbonyl (C=O) groups is 1. The maximum atomic E-state index is 11.9. The first kappa shape index (κ1) is 14.7. The van der Waals surface area contributed by atoms with Gasteiger partial charge in [-0.2, -0.15) is 0 Å². The fraction of sp³-hybridized carbons (Fsp3) is 0.786. The lowest BCUT2D eigenvalue weighted by Crippen LogP contribution is -2.46. The van der Waals surface area contributed by atoms with Crippen LogP contribution in [0, 0.1) is 0 Å². The highest BCUT2D eigenvalue weighted by Crippen LogP contribution is 2.34. The standard InChI is InChI=1S/C14H22N4O2S/c1-14(2,3)12-18-17-11(21-12)7-15-13(19)16-9-6-8-4-5-10(9)20-8/h8-10H,4-7H2,1-3H3,(H2,15,16,19)/t8-,9-,10-/m1/s1. The molecule has 116 valence electrons. The van der Waals surface area contributed by atoms with E-state index >= 15 is 0 Å². The first-order chi connectivity index (χ1) is 9.91. The van der Waals surface area contributed by atoms with E-state index in [4.69, 9.17) is 4.74 Å². The summed E-state index contributed by atoms with van der Waals surface area (Å²) in [6.07, 6.45) is 3.67. The van der Waals surface area contributed by atoms with E-state index < -0.39 is 0 Å². The van der Waals surface area contributed by atoms with E-state index in [2.05, 4.69) is 41.6 Å². The lowest BCUT2D eigenvalue weighted by atomic mass is 9.96. The number of carbonyl (C=O) groups excluding carboxylic acids is 1. The summed E-state index contributed by atoms with van der Waals surface area (Å²) in [5, 5.41) is 16.0. The van der Waals surface area contributed by atoms with Crippen LogP contribution in [0.2, 0.25) is 0 Å². The van der Waals surface area contributed by atoms with Gasteiger partial charge in [0.15, 0.2) is 0 Å². The van der Waals surface area contributed by atoms with Gasteiger partial charge in [0, 0.05) is 5.41 Å². The highest BCUT2D eigenvalue weighted by molar-refractivity contribution is 7.11. The van der Waals surface area contributed by atoms with E-state index in [0.717, 1.165) is 29.3 Å². The Bertz CT molecular complexity index is 525. The molecule has 2 N–H and O–H groups in total. The summed E-state index contributed by atoms with van der Waals surface area (Å²) in [5.74, 6) is 0. The molecule has 0 spiro atoms. The largest absolute Gasteiger partial charge is 0.373 e. The zero-order chi connectivity index (χ0) is 15.0. The molecule has 2 aliphatic rings. The molecule has 3 rings (SSSR count). The second-order valence-electron chi connectivity index (χ2n) is 6.79. The van der Waals surface area contributed by atoms with E-state index in [1.54, 1.807) is 11.3 Å². The van der Waals surface area contributed by atoms with Crippen molar-refractivity contribution in [3.8, 4) is 0 Å². The van der Waals surface area contributed by atoms with Crippen LogP contribution < -0.4 is 10.6 Å². The Balaban J connectivity index is 1.46. The molecule has 2 aliphatic heterocycles. The van der Waals surface area contributed by atoms with Crippen molar-refractivity contribution in [2.24, 2.45) is 0 Å². The maximum Gasteiger partial charge on any atom is 0.315 e. The van der Waals surface area contributed by atoms with Gasteiger partial charge < -0.3 is 15.4 Å². The topological polar surface area (TPSA) is 76.1 Å². The van der Waals surface area contributed by atoms with Crippen LogP contribution in [-0.4, -0.2) is 34.5 Å². The highest BCUT2D eigenvalue weighted by Gasteiger charge is 2.41. The van der Waals surface area contributed by atoms with Gasteiger partial charge in [-0.05, 0) is 19.3 Å². The Morgan fingerprint density at radius 2 is 2.19 bits per heavy atom. The van der Waals surface area contributed by atoms with Crippen LogP contribution >= 0.6 is 11.3 Å². The molecule has 6 nitrogen and oxygen atoms in total. The lowest BCUT2D eigenvalue weighted by Gasteiger charge is -2.20. The third kappa shape index (κ3) is 3.35. The smallest absolute Gasteiger partial charge is 0.315 e. The summed E-state index contributed by atoms with van der Waals surface area (Å²) < 4.78 is 5.73. The average Bonchev–Trinajstić information content (AvgIpc) is 3.11. The van der Waals surface area contributed by atoms with E-state index in [-0.39, 0.29) is 23.6 Å². The number of aromatic nitrogens is 2. The van der Waals surface area contributed by atoms with Crippen molar-refractivity contribution in [1.82, 2.24) is 20.8 Å². The molecule has 7 heteroatoms. The minimum absolute atomic E-state index is 0.00139. The molecule has 0 radical (unpaired) electrons. The SMILES string of the molecule is CC(C)(C)c1nnc(CNC(=O)N[C@@H]2C[C@H]3CC[C@H]2O3)s1. The molecule has 2 bridgehead atoms. The van der Waals surface area contributed by atoms with E-state index in [1.807, 2.05) is 0 Å². The Morgan fingerprint density at radius 3 is 2.76 bits per heavy atom. The minimum atomic E-state index is -0.149. The van der Waals surface area contributed by atoms with Crippen molar-refractivity contribution in [1.29, 1.82) is 0 Å². The molecule has 1 aromatic rings. The van der Waals surface area contributed by atoms with Gasteiger partial charge in [0.1, 0.15) is 10.0 Å². The highest BCUT2D eigenvalue weighted by atomic mass is 32.1. The quantitative estimate of drug-likeness (QED) is 0.895. The summed E-state index contributed by atoms with van der Waals surface area (Å²) in [6.45, 7) is 6.73. The number of hydrogen-bond acceptors (Lipinski definition) is 5. The zero-order valence-corrected chi connectivity index (χ0v) is 13.5. The van der Waals surface area contributed by atoms with E-state index in [1.165, 1.54) is 0 Å². The molecule has 1 aromatic heterocycles. The molecule has 0 aromatic carbocycles. The van der Waals surface area contributed by atoms with Crippen molar-refractivity contribution < 1.29 is 9.53 Å². The molecule has 2 amide bonds. The van der Waals surface area contributed by atoms with Crippen LogP contribution in [0.3, 0.4) is 0 Å². The van der Waals surface area contributed by atoms with Gasteiger partial charge >= 0.3 is 6.03 Å². The Hall–Kier alpha value is -1.21. The number of rotatable bonds is 3. The van der Waals surface area contributed by atoms with Crippen molar-refractivity contribution in [3.05, 3.63) is 10.0 Å². The molecule has 3 heterocycles. The molecule has 3 atom stereocenters. The lowest BCUT2D eigenvalue weighted by molar-refractivity contribution is 0.0981. The third-order valence-electron chi connectivity index (χ3n) is 3.93. The fourth-order valence-corrected chi connectivity index (χ4v) is 3.63. The summed E-state index contributed by atoms with van der Waals surface area (Å²) in [6, 6.07) is 0.00645. The molecule has 0 unspecified atom stereocenters. The van der Waals surface area contributed by atoms with Crippen LogP contribution in [-0.2, 0) is 16.7 Å². The minimum Gasteiger partial charge on any atom is -0.373 e. The van der Waals surface area contributed by atoms with Gasteiger partial charge in [-0.25, -0.2) is 4.79 Å². The van der Waals surface area contributed by atoms with E-state index in [9.17, 15) is 4.79 Å². The van der Waals surface area contributed by atoms with Gasteiger partial charge in [-0.15, -0.1) is 10.2 Å². The molecule has 2 saturated heterocycles. The van der Waals surface area contributed by atoms with Crippen LogP contribution in [0.15, 0.2) is 0 Å². The van der Waals surface area contributed by atoms with Gasteiger partial charge in [-0.1, -0.05) is 32.1 Å². The van der Waals surface area contributed by atoms with Gasteiger partial charge in [0.25, 0.3) is 0 Å². The predicted molar refractivity (Wildman–Crippen MR) is 80.3 cm³/mol. The van der Waals surface area contributed by atoms with Crippen LogP contribution in [0.1, 0.15) is 50.0 Å². The summed E-state index contributed by atoms with van der Waals surface area (Å²) in [7, 11) is 0. The second kappa shape index (κ2) is 5.53. The molecular weight excluding hydrogens is 288 g/mol. The summed E-state index contributed by atoms with van der Waals surface area (Å²) in [4.78, 5) is 11.9. The Morgan fingerprint density at radius 1 is 1.38 bits per heavy atom. The molecule has 0 saturated carbocycles. The first-order valence-electron chi connectivity index (χ1n) is 7.44. The predicted octanol–water partition coefficient (Wildman–Crippen LogP) is 1.95. The molecule has 2 fully saturated rings. The van der Waals surface area contributed by atoms with Crippen molar-refractivity contribution in [3.63, 3.8) is 0 Å². The van der Waals surface area contributed by atoms with E-state index in [0.29, 0.717) is 12.6 Å².